The Morgan fingerprint density at radius 2 is 2.26 bits per heavy atom. The van der Waals surface area contributed by atoms with Crippen molar-refractivity contribution in [2.45, 2.75) is 30.8 Å². The van der Waals surface area contributed by atoms with Gasteiger partial charge in [0.25, 0.3) is 5.91 Å². The fraction of sp³-hybridized carbons (Fsp3) is 0.429. The van der Waals surface area contributed by atoms with E-state index in [1.165, 1.54) is 11.8 Å². The number of carbonyl (C=O) groups is 1. The third kappa shape index (κ3) is 5.77. The maximum absolute atomic E-state index is 12.0. The molecule has 1 unspecified atom stereocenters. The van der Waals surface area contributed by atoms with Gasteiger partial charge >= 0.3 is 0 Å². The summed E-state index contributed by atoms with van der Waals surface area (Å²) in [5.74, 6) is 0.193. The summed E-state index contributed by atoms with van der Waals surface area (Å²) in [7, 11) is 0. The van der Waals surface area contributed by atoms with Crippen LogP contribution in [0.25, 0.3) is 0 Å². The van der Waals surface area contributed by atoms with Gasteiger partial charge in [0.1, 0.15) is 0 Å². The second-order valence-corrected chi connectivity index (χ2v) is 5.21. The molecule has 0 saturated carbocycles. The molecule has 4 nitrogen and oxygen atoms in total. The van der Waals surface area contributed by atoms with Crippen LogP contribution >= 0.6 is 11.8 Å². The van der Waals surface area contributed by atoms with Gasteiger partial charge in [0.2, 0.25) is 0 Å². The van der Waals surface area contributed by atoms with Crippen molar-refractivity contribution >= 4 is 17.7 Å². The van der Waals surface area contributed by atoms with Crippen LogP contribution in [0.4, 0.5) is 0 Å². The van der Waals surface area contributed by atoms with Crippen LogP contribution in [0.5, 0.6) is 0 Å². The normalized spacial score (nSPS) is 11.6. The zero-order valence-corrected chi connectivity index (χ0v) is 11.7. The molecule has 1 amide bonds. The predicted molar refractivity (Wildman–Crippen MR) is 76.0 cm³/mol. The Labute approximate surface area is 117 Å². The van der Waals surface area contributed by atoms with Crippen LogP contribution in [-0.4, -0.2) is 29.4 Å². The number of amides is 1. The number of nitrogens with one attached hydrogen (secondary N) is 1. The molecule has 0 bridgehead atoms. The van der Waals surface area contributed by atoms with Crippen LogP contribution in [0.3, 0.4) is 0 Å². The minimum absolute atomic E-state index is 0.133. The first-order chi connectivity index (χ1) is 9.15. The molecule has 1 rings (SSSR count). The topological polar surface area (TPSA) is 73.1 Å². The molecule has 0 fully saturated rings. The highest BCUT2D eigenvalue weighted by Crippen LogP contribution is 2.22. The lowest BCUT2D eigenvalue weighted by Crippen LogP contribution is -2.25. The van der Waals surface area contributed by atoms with Gasteiger partial charge in [-0.15, -0.1) is 11.8 Å². The number of benzene rings is 1. The molecule has 1 atom stereocenters. The van der Waals surface area contributed by atoms with E-state index in [4.69, 9.17) is 10.4 Å². The van der Waals surface area contributed by atoms with E-state index in [1.54, 1.807) is 19.1 Å². The lowest BCUT2D eigenvalue weighted by molar-refractivity contribution is 0.0946. The second kappa shape index (κ2) is 8.57. The molecule has 0 aromatic heterocycles. The zero-order chi connectivity index (χ0) is 14.1. The van der Waals surface area contributed by atoms with Gasteiger partial charge in [-0.3, -0.25) is 4.79 Å². The highest BCUT2D eigenvalue weighted by Gasteiger charge is 2.10. The Hall–Kier alpha value is -1.51. The minimum Gasteiger partial charge on any atom is -0.393 e. The van der Waals surface area contributed by atoms with Gasteiger partial charge in [-0.05, 0) is 31.9 Å². The monoisotopic (exact) mass is 278 g/mol. The third-order valence-electron chi connectivity index (χ3n) is 2.51. The Bertz CT molecular complexity index is 455. The Morgan fingerprint density at radius 1 is 1.53 bits per heavy atom. The summed E-state index contributed by atoms with van der Waals surface area (Å²) < 4.78 is 0. The smallest absolute Gasteiger partial charge is 0.252 e. The Balaban J connectivity index is 2.54. The van der Waals surface area contributed by atoms with E-state index in [1.807, 2.05) is 12.1 Å². The van der Waals surface area contributed by atoms with Crippen molar-refractivity contribution in [2.75, 3.05) is 12.3 Å². The van der Waals surface area contributed by atoms with Gasteiger partial charge in [-0.2, -0.15) is 5.26 Å². The van der Waals surface area contributed by atoms with E-state index in [-0.39, 0.29) is 12.0 Å². The summed E-state index contributed by atoms with van der Waals surface area (Å²) in [5, 5.41) is 20.5. The molecule has 0 saturated heterocycles. The average molecular weight is 278 g/mol. The van der Waals surface area contributed by atoms with Crippen LogP contribution < -0.4 is 5.32 Å². The number of nitrogens with zero attached hydrogens (tertiary/aromatic N) is 1. The van der Waals surface area contributed by atoms with E-state index in [0.29, 0.717) is 24.3 Å². The molecule has 0 aliphatic rings. The summed E-state index contributed by atoms with van der Waals surface area (Å²) in [5.41, 5.74) is 0.597. The lowest BCUT2D eigenvalue weighted by Gasteiger charge is -2.09. The van der Waals surface area contributed by atoms with Gasteiger partial charge in [-0.1, -0.05) is 12.1 Å². The quantitative estimate of drug-likeness (QED) is 0.592. The van der Waals surface area contributed by atoms with Crippen molar-refractivity contribution in [3.63, 3.8) is 0 Å². The SMILES string of the molecule is CC(O)CCCNC(=O)c1ccccc1SCC#N. The van der Waals surface area contributed by atoms with Crippen LogP contribution in [0, 0.1) is 11.3 Å². The first-order valence-corrected chi connectivity index (χ1v) is 7.18. The highest BCUT2D eigenvalue weighted by molar-refractivity contribution is 7.99. The van der Waals surface area contributed by atoms with Crippen LogP contribution in [0.15, 0.2) is 29.2 Å². The highest BCUT2D eigenvalue weighted by atomic mass is 32.2. The maximum atomic E-state index is 12.0. The van der Waals surface area contributed by atoms with Crippen LogP contribution in [0.2, 0.25) is 0 Å². The maximum Gasteiger partial charge on any atom is 0.252 e. The van der Waals surface area contributed by atoms with E-state index in [9.17, 15) is 4.79 Å². The molecular formula is C14H18N2O2S. The fourth-order valence-corrected chi connectivity index (χ4v) is 2.30. The number of rotatable bonds is 7. The third-order valence-corrected chi connectivity index (χ3v) is 3.45. The van der Waals surface area contributed by atoms with E-state index in [0.717, 1.165) is 11.3 Å². The summed E-state index contributed by atoms with van der Waals surface area (Å²) in [4.78, 5) is 12.8. The molecule has 102 valence electrons. The summed E-state index contributed by atoms with van der Waals surface area (Å²) in [6.45, 7) is 2.27. The number of carbonyl (C=O) groups excluding carboxylic acids is 1. The number of hydrogen-bond donors (Lipinski definition) is 2. The largest absolute Gasteiger partial charge is 0.393 e. The van der Waals surface area contributed by atoms with Crippen molar-refractivity contribution in [1.82, 2.24) is 5.32 Å². The van der Waals surface area contributed by atoms with E-state index in [2.05, 4.69) is 11.4 Å². The fourth-order valence-electron chi connectivity index (χ4n) is 1.58. The van der Waals surface area contributed by atoms with Crippen LogP contribution in [0.1, 0.15) is 30.1 Å². The standard InChI is InChI=1S/C14H18N2O2S/c1-11(17)5-4-9-16-14(18)12-6-2-3-7-13(12)19-10-8-15/h2-3,6-7,11,17H,4-5,9-10H2,1H3,(H,16,18). The van der Waals surface area contributed by atoms with Gasteiger partial charge in [0.15, 0.2) is 0 Å². The van der Waals surface area contributed by atoms with Crippen LogP contribution in [-0.2, 0) is 0 Å². The molecule has 0 aliphatic carbocycles. The van der Waals surface area contributed by atoms with Gasteiger partial charge in [0, 0.05) is 11.4 Å². The number of aliphatic hydroxyl groups is 1. The average Bonchev–Trinajstić information content (AvgIpc) is 2.41. The van der Waals surface area contributed by atoms with E-state index < -0.39 is 0 Å². The number of nitriles is 1. The second-order valence-electron chi connectivity index (χ2n) is 4.19. The summed E-state index contributed by atoms with van der Waals surface area (Å²) in [6.07, 6.45) is 1.08. The molecule has 0 aliphatic heterocycles. The first kappa shape index (κ1) is 15.5. The van der Waals surface area contributed by atoms with Crippen molar-refractivity contribution in [3.8, 4) is 6.07 Å². The van der Waals surface area contributed by atoms with Gasteiger partial charge in [0.05, 0.1) is 23.5 Å². The van der Waals surface area contributed by atoms with E-state index >= 15 is 0 Å². The number of hydrogen-bond acceptors (Lipinski definition) is 4. The lowest BCUT2D eigenvalue weighted by atomic mass is 10.2. The van der Waals surface area contributed by atoms with Crippen molar-refractivity contribution in [3.05, 3.63) is 29.8 Å². The molecule has 5 heteroatoms. The predicted octanol–water partition coefficient (Wildman–Crippen LogP) is 2.19. The minimum atomic E-state index is -0.338. The Morgan fingerprint density at radius 3 is 2.95 bits per heavy atom. The van der Waals surface area contributed by atoms with Crippen molar-refractivity contribution in [1.29, 1.82) is 5.26 Å². The number of thioether (sulfide) groups is 1. The molecule has 0 heterocycles. The summed E-state index contributed by atoms with van der Waals surface area (Å²) >= 11 is 1.36. The summed E-state index contributed by atoms with van der Waals surface area (Å²) in [6, 6.07) is 9.30. The molecule has 2 N–H and O–H groups in total. The zero-order valence-electron chi connectivity index (χ0n) is 10.9. The van der Waals surface area contributed by atoms with Crippen molar-refractivity contribution < 1.29 is 9.90 Å². The Kier molecular flexibility index (Phi) is 7.01. The van der Waals surface area contributed by atoms with Gasteiger partial charge < -0.3 is 10.4 Å². The number of aliphatic hydroxyl groups excluding tert-OH is 1. The molecule has 1 aromatic carbocycles. The van der Waals surface area contributed by atoms with Gasteiger partial charge in [-0.25, -0.2) is 0 Å². The molecule has 1 aromatic rings. The molecular weight excluding hydrogens is 260 g/mol. The molecule has 0 spiro atoms. The molecule has 19 heavy (non-hydrogen) atoms. The first-order valence-electron chi connectivity index (χ1n) is 6.20. The van der Waals surface area contributed by atoms with Crippen molar-refractivity contribution in [2.24, 2.45) is 0 Å². The molecule has 0 radical (unpaired) electrons.